The lowest BCUT2D eigenvalue weighted by Gasteiger charge is -2.44. The summed E-state index contributed by atoms with van der Waals surface area (Å²) in [6.07, 6.45) is 6.28. The molecule has 0 nitrogen and oxygen atoms in total. The molecule has 0 N–H and O–H groups in total. The first kappa shape index (κ1) is 39.5. The predicted molar refractivity (Wildman–Crippen MR) is 141 cm³/mol. The highest BCUT2D eigenvalue weighted by Gasteiger charge is 2.52. The molecule has 0 unspecified atom stereocenters. The maximum absolute atomic E-state index is 15.4. The molecule has 5 rings (SSSR count). The first-order chi connectivity index (χ1) is 24.2. The van der Waals surface area contributed by atoms with Gasteiger partial charge in [0.15, 0.2) is 69.8 Å². The van der Waals surface area contributed by atoms with E-state index in [0.29, 0.717) is 0 Å². The Morgan fingerprint density at radius 3 is 0.558 bits per heavy atom. The molecular formula is C31H8BF20-. The van der Waals surface area contributed by atoms with Gasteiger partial charge >= 0.3 is 0 Å². The largest absolute Gasteiger partial charge is 0.207 e. The fourth-order valence-electron chi connectivity index (χ4n) is 5.40. The van der Waals surface area contributed by atoms with E-state index in [4.69, 9.17) is 0 Å². The minimum atomic E-state index is -7.22. The summed E-state index contributed by atoms with van der Waals surface area (Å²) in [5.41, 5.74) is -14.3. The topological polar surface area (TPSA) is 0 Å². The van der Waals surface area contributed by atoms with E-state index in [1.54, 1.807) is 0 Å². The van der Waals surface area contributed by atoms with E-state index in [1.807, 2.05) is 12.2 Å². The van der Waals surface area contributed by atoms with Crippen molar-refractivity contribution in [2.45, 2.75) is 6.42 Å². The normalized spacial score (nSPS) is 12.7. The first-order valence-corrected chi connectivity index (χ1v) is 13.4. The molecule has 0 bridgehead atoms. The van der Waals surface area contributed by atoms with Crippen LogP contribution >= 0.6 is 0 Å². The highest BCUT2D eigenvalue weighted by molar-refractivity contribution is 7.20. The Kier molecular flexibility index (Phi) is 11.0. The van der Waals surface area contributed by atoms with E-state index in [2.05, 4.69) is 24.3 Å². The Morgan fingerprint density at radius 1 is 0.231 bits per heavy atom. The molecule has 0 aliphatic heterocycles. The molecule has 0 spiro atoms. The number of benzene rings is 4. The van der Waals surface area contributed by atoms with Gasteiger partial charge in [-0.3, -0.25) is 0 Å². The van der Waals surface area contributed by atoms with Crippen LogP contribution in [0.4, 0.5) is 87.8 Å². The van der Waals surface area contributed by atoms with Crippen molar-refractivity contribution in [3.63, 3.8) is 0 Å². The van der Waals surface area contributed by atoms with Crippen molar-refractivity contribution in [3.8, 4) is 0 Å². The third kappa shape index (κ3) is 5.78. The number of allylic oxidation sites excluding steroid dienone is 6. The lowest BCUT2D eigenvalue weighted by atomic mass is 9.12. The molecule has 0 saturated carbocycles. The Hall–Kier alpha value is -5.24. The van der Waals surface area contributed by atoms with Crippen molar-refractivity contribution >= 4 is 28.0 Å². The van der Waals surface area contributed by atoms with E-state index in [0.717, 1.165) is 6.42 Å². The van der Waals surface area contributed by atoms with E-state index in [1.165, 1.54) is 0 Å². The van der Waals surface area contributed by atoms with Crippen molar-refractivity contribution in [2.75, 3.05) is 0 Å². The number of hydrogen-bond donors (Lipinski definition) is 0. The third-order valence-electron chi connectivity index (χ3n) is 7.58. The van der Waals surface area contributed by atoms with Gasteiger partial charge < -0.3 is 0 Å². The molecular weight excluding hydrogens is 763 g/mol. The van der Waals surface area contributed by atoms with Crippen molar-refractivity contribution in [1.29, 1.82) is 0 Å². The second-order valence-corrected chi connectivity index (χ2v) is 10.3. The summed E-state index contributed by atoms with van der Waals surface area (Å²) in [6.45, 7) is 0. The van der Waals surface area contributed by atoms with Gasteiger partial charge in [0.05, 0.1) is 0 Å². The molecule has 4 aromatic carbocycles. The van der Waals surface area contributed by atoms with Gasteiger partial charge in [0.1, 0.15) is 52.7 Å². The molecule has 1 aliphatic rings. The van der Waals surface area contributed by atoms with Gasteiger partial charge in [0, 0.05) is 0 Å². The summed E-state index contributed by atoms with van der Waals surface area (Å²) < 4.78 is 294. The average molecular weight is 771 g/mol. The maximum atomic E-state index is 15.4. The summed E-state index contributed by atoms with van der Waals surface area (Å²) in [4.78, 5) is 0. The predicted octanol–water partition coefficient (Wildman–Crippen LogP) is 7.90. The molecule has 0 radical (unpaired) electrons. The molecule has 0 aromatic heterocycles. The molecule has 0 amide bonds. The summed E-state index contributed by atoms with van der Waals surface area (Å²) in [6, 6.07) is 0. The van der Waals surface area contributed by atoms with Crippen LogP contribution in [0, 0.1) is 116 Å². The average Bonchev–Trinajstić information content (AvgIpc) is 3.45. The monoisotopic (exact) mass is 771 g/mol. The molecule has 1 aliphatic carbocycles. The molecule has 21 heteroatoms. The van der Waals surface area contributed by atoms with Crippen molar-refractivity contribution in [1.82, 2.24) is 0 Å². The summed E-state index contributed by atoms with van der Waals surface area (Å²) in [5, 5.41) is 0. The lowest BCUT2D eigenvalue weighted by Crippen LogP contribution is -2.81. The summed E-state index contributed by atoms with van der Waals surface area (Å²) >= 11 is 0. The van der Waals surface area contributed by atoms with Crippen molar-refractivity contribution in [3.05, 3.63) is 153 Å². The fraction of sp³-hybridized carbons (Fsp3) is 0.0323. The zero-order valence-electron chi connectivity index (χ0n) is 24.3. The molecule has 0 saturated heterocycles. The zero-order valence-corrected chi connectivity index (χ0v) is 24.3. The summed E-state index contributed by atoms with van der Waals surface area (Å²) in [5.74, 6) is -71.4. The van der Waals surface area contributed by atoms with Gasteiger partial charge in [-0.15, -0.1) is 21.9 Å². The van der Waals surface area contributed by atoms with Crippen molar-refractivity contribution < 1.29 is 87.8 Å². The molecule has 4 aromatic rings. The van der Waals surface area contributed by atoms with Crippen LogP contribution in [-0.2, 0) is 0 Å². The number of halogens is 20. The van der Waals surface area contributed by atoms with Crippen LogP contribution in [0.3, 0.4) is 0 Å². The standard InChI is InChI=1S/C24BF20.C7H8/c26-5-1(6(27)14(35)21(42)13(5)34)25(2-7(28)15(36)22(43)16(37)8(2)29,3-9(30)17(38)23(44)18(39)10(3)31)4-11(32)19(40)24(45)20(41)12(4)33;1-2-4-6-7-5-3-1/h;1-6H,7H2/q-1;. The van der Waals surface area contributed by atoms with Crippen molar-refractivity contribution in [2.24, 2.45) is 0 Å². The van der Waals surface area contributed by atoms with Gasteiger partial charge in [0.25, 0.3) is 0 Å². The number of rotatable bonds is 4. The highest BCUT2D eigenvalue weighted by Crippen LogP contribution is 2.30. The Balaban J connectivity index is 0.000000771. The molecule has 52 heavy (non-hydrogen) atoms. The Bertz CT molecular complexity index is 1830. The first-order valence-electron chi connectivity index (χ1n) is 13.4. The van der Waals surface area contributed by atoms with E-state index in [-0.39, 0.29) is 0 Å². The molecule has 276 valence electrons. The molecule has 0 fully saturated rings. The highest BCUT2D eigenvalue weighted by atomic mass is 19.2. The van der Waals surface area contributed by atoms with Crippen LogP contribution in [0.15, 0.2) is 36.5 Å². The van der Waals surface area contributed by atoms with Gasteiger partial charge in [-0.1, -0.05) is 36.5 Å². The van der Waals surface area contributed by atoms with E-state index >= 15 is 35.1 Å². The second-order valence-electron chi connectivity index (χ2n) is 10.3. The van der Waals surface area contributed by atoms with Crippen LogP contribution < -0.4 is 21.9 Å². The summed E-state index contributed by atoms with van der Waals surface area (Å²) in [7, 11) is 0. The fourth-order valence-corrected chi connectivity index (χ4v) is 5.40. The minimum Gasteiger partial charge on any atom is -0.207 e. The van der Waals surface area contributed by atoms with Gasteiger partial charge in [-0.05, 0) is 6.42 Å². The van der Waals surface area contributed by atoms with Crippen LogP contribution in [-0.4, -0.2) is 6.15 Å². The molecule has 0 heterocycles. The van der Waals surface area contributed by atoms with Gasteiger partial charge in [0.2, 0.25) is 0 Å². The van der Waals surface area contributed by atoms with Crippen LogP contribution in [0.1, 0.15) is 6.42 Å². The number of hydrogen-bond acceptors (Lipinski definition) is 0. The minimum absolute atomic E-state index is 1.08. The van der Waals surface area contributed by atoms with Crippen LogP contribution in [0.25, 0.3) is 0 Å². The van der Waals surface area contributed by atoms with Gasteiger partial charge in [-0.25, -0.2) is 87.8 Å². The quantitative estimate of drug-likeness (QED) is 0.0858. The van der Waals surface area contributed by atoms with E-state index < -0.39 is 144 Å². The smallest absolute Gasteiger partial charge is 0.200 e. The van der Waals surface area contributed by atoms with E-state index in [9.17, 15) is 52.7 Å². The van der Waals surface area contributed by atoms with Crippen LogP contribution in [0.2, 0.25) is 0 Å². The Morgan fingerprint density at radius 2 is 0.385 bits per heavy atom. The Labute approximate surface area is 275 Å². The molecule has 0 atom stereocenters. The third-order valence-corrected chi connectivity index (χ3v) is 7.58. The SMILES string of the molecule is C1=CC=CCC=C1.Fc1c(F)c(F)c([B-](c2c(F)c(F)c(F)c(F)c2F)(c2c(F)c(F)c(F)c(F)c2F)c2c(F)c(F)c(F)c(F)c2F)c(F)c1F. The van der Waals surface area contributed by atoms with Crippen LogP contribution in [0.5, 0.6) is 0 Å². The van der Waals surface area contributed by atoms with Gasteiger partial charge in [-0.2, -0.15) is 0 Å². The lowest BCUT2D eigenvalue weighted by molar-refractivity contribution is 0.378. The maximum Gasteiger partial charge on any atom is 0.200 e. The second kappa shape index (κ2) is 14.4. The zero-order chi connectivity index (χ0) is 39.3.